The van der Waals surface area contributed by atoms with Crippen molar-refractivity contribution in [2.24, 2.45) is 11.7 Å². The third-order valence-electron chi connectivity index (χ3n) is 4.48. The molecule has 0 aromatic carbocycles. The molecule has 0 spiro atoms. The quantitative estimate of drug-likeness (QED) is 0.818. The molecule has 1 saturated carbocycles. The average Bonchev–Trinajstić information content (AvgIpc) is 2.58. The SMILES string of the molecule is C=C/C=C\C(=C/C)c1cc(N)c(=O)n(C2CCC(CN)CC2)n1. The van der Waals surface area contributed by atoms with Crippen LogP contribution in [0.1, 0.15) is 44.3 Å². The Kier molecular flexibility index (Phi) is 5.93. The molecule has 0 saturated heterocycles. The van der Waals surface area contributed by atoms with Crippen LogP contribution >= 0.6 is 0 Å². The van der Waals surface area contributed by atoms with E-state index in [-0.39, 0.29) is 17.3 Å². The molecule has 1 heterocycles. The predicted octanol–water partition coefficient (Wildman–Crippen LogP) is 2.66. The van der Waals surface area contributed by atoms with E-state index in [0.717, 1.165) is 31.3 Å². The fourth-order valence-electron chi connectivity index (χ4n) is 3.05. The highest BCUT2D eigenvalue weighted by Gasteiger charge is 2.24. The maximum atomic E-state index is 12.4. The van der Waals surface area contributed by atoms with Gasteiger partial charge in [0.1, 0.15) is 5.69 Å². The monoisotopic (exact) mass is 314 g/mol. The molecule has 1 aliphatic carbocycles. The topological polar surface area (TPSA) is 86.9 Å². The summed E-state index contributed by atoms with van der Waals surface area (Å²) in [6.45, 7) is 6.32. The molecular formula is C18H26N4O. The molecule has 0 radical (unpaired) electrons. The van der Waals surface area contributed by atoms with Gasteiger partial charge >= 0.3 is 0 Å². The Bertz CT molecular complexity index is 664. The van der Waals surface area contributed by atoms with Crippen molar-refractivity contribution in [3.05, 3.63) is 53.0 Å². The number of nitrogens with two attached hydrogens (primary N) is 2. The van der Waals surface area contributed by atoms with E-state index in [1.165, 1.54) is 0 Å². The largest absolute Gasteiger partial charge is 0.394 e. The first kappa shape index (κ1) is 17.2. The summed E-state index contributed by atoms with van der Waals surface area (Å²) in [5.41, 5.74) is 13.3. The Morgan fingerprint density at radius 1 is 1.43 bits per heavy atom. The predicted molar refractivity (Wildman–Crippen MR) is 95.9 cm³/mol. The Balaban J connectivity index is 2.35. The van der Waals surface area contributed by atoms with E-state index in [1.54, 1.807) is 16.8 Å². The van der Waals surface area contributed by atoms with Crippen LogP contribution in [-0.4, -0.2) is 16.3 Å². The maximum absolute atomic E-state index is 12.4. The molecule has 4 N–H and O–H groups in total. The summed E-state index contributed by atoms with van der Waals surface area (Å²) in [5.74, 6) is 0.559. The van der Waals surface area contributed by atoms with E-state index in [2.05, 4.69) is 11.7 Å². The molecule has 0 unspecified atom stereocenters. The smallest absolute Gasteiger partial charge is 0.290 e. The van der Waals surface area contributed by atoms with Crippen LogP contribution in [-0.2, 0) is 0 Å². The summed E-state index contributed by atoms with van der Waals surface area (Å²) >= 11 is 0. The molecule has 0 bridgehead atoms. The standard InChI is InChI=1S/C18H26N4O/c1-3-5-6-14(4-2)17-11-16(20)18(23)22(21-17)15-9-7-13(12-19)8-10-15/h3-6,11,13,15H,1,7-10,12,19-20H2,2H3/b6-5-,14-4+. The van der Waals surface area contributed by atoms with Gasteiger partial charge in [-0.3, -0.25) is 4.79 Å². The van der Waals surface area contributed by atoms with Crippen molar-refractivity contribution in [3.63, 3.8) is 0 Å². The summed E-state index contributed by atoms with van der Waals surface area (Å²) < 4.78 is 1.57. The van der Waals surface area contributed by atoms with E-state index < -0.39 is 0 Å². The first-order chi connectivity index (χ1) is 11.1. The minimum absolute atomic E-state index is 0.106. The molecule has 5 heteroatoms. The van der Waals surface area contributed by atoms with Gasteiger partial charge in [0.25, 0.3) is 5.56 Å². The van der Waals surface area contributed by atoms with E-state index in [0.29, 0.717) is 18.2 Å². The molecule has 1 aliphatic rings. The van der Waals surface area contributed by atoms with Crippen molar-refractivity contribution in [2.75, 3.05) is 12.3 Å². The highest BCUT2D eigenvalue weighted by Crippen LogP contribution is 2.30. The number of anilines is 1. The summed E-state index contributed by atoms with van der Waals surface area (Å²) in [5, 5.41) is 4.57. The summed E-state index contributed by atoms with van der Waals surface area (Å²) in [6, 6.07) is 1.75. The van der Waals surface area contributed by atoms with Crippen LogP contribution in [0.3, 0.4) is 0 Å². The number of aromatic nitrogens is 2. The molecule has 2 rings (SSSR count). The number of rotatable bonds is 5. The van der Waals surface area contributed by atoms with Gasteiger partial charge in [0.2, 0.25) is 0 Å². The van der Waals surface area contributed by atoms with Crippen molar-refractivity contribution in [3.8, 4) is 0 Å². The van der Waals surface area contributed by atoms with Crippen molar-refractivity contribution >= 4 is 11.3 Å². The van der Waals surface area contributed by atoms with Gasteiger partial charge in [-0.1, -0.05) is 30.9 Å². The number of allylic oxidation sites excluding steroid dienone is 5. The van der Waals surface area contributed by atoms with E-state index >= 15 is 0 Å². The van der Waals surface area contributed by atoms with Crippen LogP contribution in [0.5, 0.6) is 0 Å². The second kappa shape index (κ2) is 7.92. The number of hydrogen-bond donors (Lipinski definition) is 2. The van der Waals surface area contributed by atoms with E-state index in [4.69, 9.17) is 11.5 Å². The summed E-state index contributed by atoms with van der Waals surface area (Å²) in [4.78, 5) is 12.4. The van der Waals surface area contributed by atoms with Crippen molar-refractivity contribution in [1.29, 1.82) is 0 Å². The second-order valence-corrected chi connectivity index (χ2v) is 5.98. The lowest BCUT2D eigenvalue weighted by atomic mass is 9.86. The molecule has 23 heavy (non-hydrogen) atoms. The van der Waals surface area contributed by atoms with Crippen LogP contribution in [0.25, 0.3) is 5.57 Å². The van der Waals surface area contributed by atoms with Gasteiger partial charge < -0.3 is 11.5 Å². The number of hydrogen-bond acceptors (Lipinski definition) is 4. The average molecular weight is 314 g/mol. The number of nitrogen functional groups attached to an aromatic ring is 1. The molecular weight excluding hydrogens is 288 g/mol. The van der Waals surface area contributed by atoms with Crippen LogP contribution < -0.4 is 17.0 Å². The van der Waals surface area contributed by atoms with Crippen molar-refractivity contribution < 1.29 is 0 Å². The highest BCUT2D eigenvalue weighted by molar-refractivity contribution is 5.72. The molecule has 124 valence electrons. The minimum atomic E-state index is -0.201. The van der Waals surface area contributed by atoms with Gasteiger partial charge in [0, 0.05) is 0 Å². The Hall–Kier alpha value is -2.14. The molecule has 0 amide bonds. The summed E-state index contributed by atoms with van der Waals surface area (Å²) in [6.07, 6.45) is 11.3. The maximum Gasteiger partial charge on any atom is 0.290 e. The van der Waals surface area contributed by atoms with Crippen LogP contribution in [0.2, 0.25) is 0 Å². The summed E-state index contributed by atoms with van der Waals surface area (Å²) in [7, 11) is 0. The van der Waals surface area contributed by atoms with Crippen LogP contribution in [0, 0.1) is 5.92 Å². The molecule has 5 nitrogen and oxygen atoms in total. The minimum Gasteiger partial charge on any atom is -0.394 e. The lowest BCUT2D eigenvalue weighted by Gasteiger charge is -2.28. The van der Waals surface area contributed by atoms with Crippen molar-refractivity contribution in [2.45, 2.75) is 38.6 Å². The van der Waals surface area contributed by atoms with E-state index in [1.807, 2.05) is 25.2 Å². The molecule has 1 fully saturated rings. The third-order valence-corrected chi connectivity index (χ3v) is 4.48. The fraction of sp³-hybridized carbons (Fsp3) is 0.444. The Labute approximate surface area is 137 Å². The fourth-order valence-corrected chi connectivity index (χ4v) is 3.05. The Morgan fingerprint density at radius 2 is 2.13 bits per heavy atom. The lowest BCUT2D eigenvalue weighted by molar-refractivity contribution is 0.258. The van der Waals surface area contributed by atoms with Gasteiger partial charge in [-0.2, -0.15) is 5.10 Å². The van der Waals surface area contributed by atoms with Crippen LogP contribution in [0.15, 0.2) is 41.7 Å². The third kappa shape index (κ3) is 3.99. The normalized spacial score (nSPS) is 22.4. The zero-order valence-corrected chi connectivity index (χ0v) is 13.7. The van der Waals surface area contributed by atoms with E-state index in [9.17, 15) is 4.79 Å². The Morgan fingerprint density at radius 3 is 2.70 bits per heavy atom. The van der Waals surface area contributed by atoms with Crippen molar-refractivity contribution in [1.82, 2.24) is 9.78 Å². The number of nitrogens with zero attached hydrogens (tertiary/aromatic N) is 2. The molecule has 1 aromatic rings. The lowest BCUT2D eigenvalue weighted by Crippen LogP contribution is -2.33. The van der Waals surface area contributed by atoms with Gasteiger partial charge in [0.05, 0.1) is 11.7 Å². The molecule has 0 atom stereocenters. The highest BCUT2D eigenvalue weighted by atomic mass is 16.1. The van der Waals surface area contributed by atoms with Gasteiger partial charge in [-0.25, -0.2) is 4.68 Å². The van der Waals surface area contributed by atoms with Gasteiger partial charge in [0.15, 0.2) is 0 Å². The zero-order chi connectivity index (χ0) is 16.8. The van der Waals surface area contributed by atoms with Gasteiger partial charge in [-0.05, 0) is 56.7 Å². The zero-order valence-electron chi connectivity index (χ0n) is 13.7. The molecule has 1 aromatic heterocycles. The molecule has 0 aliphatic heterocycles. The van der Waals surface area contributed by atoms with Gasteiger partial charge in [-0.15, -0.1) is 0 Å². The van der Waals surface area contributed by atoms with Crippen LogP contribution in [0.4, 0.5) is 5.69 Å². The second-order valence-electron chi connectivity index (χ2n) is 5.98. The first-order valence-electron chi connectivity index (χ1n) is 8.15. The first-order valence-corrected chi connectivity index (χ1v) is 8.15.